The molecule has 1 aliphatic carbocycles. The standard InChI is InChI=1S/C24H18Cl2F4N4O4S/c1-38-10-17-18(19(35)32-16-8-11(24(28,29)30)2-4-14(16)26)39-22(33-17)34(12-3-5-13(25)15(27)9-12)21(37)23(6-7-23)20(31)36/h2-5,8-9H,6-7,10H2,1H3,(H2,31,36)(H,32,35). The summed E-state index contributed by atoms with van der Waals surface area (Å²) in [5.41, 5.74) is 2.57. The van der Waals surface area contributed by atoms with Gasteiger partial charge in [0.05, 0.1) is 39.3 Å². The van der Waals surface area contributed by atoms with E-state index in [0.717, 1.165) is 23.1 Å². The number of rotatable bonds is 8. The van der Waals surface area contributed by atoms with Gasteiger partial charge in [-0.15, -0.1) is 0 Å². The molecule has 0 aliphatic heterocycles. The lowest BCUT2D eigenvalue weighted by Crippen LogP contribution is -2.41. The number of amides is 3. The van der Waals surface area contributed by atoms with Crippen LogP contribution in [0, 0.1) is 11.2 Å². The fourth-order valence-electron chi connectivity index (χ4n) is 3.67. The molecule has 3 amide bonds. The number of halogens is 6. The third-order valence-electron chi connectivity index (χ3n) is 5.90. The predicted molar refractivity (Wildman–Crippen MR) is 137 cm³/mol. The number of ether oxygens (including phenoxy) is 1. The van der Waals surface area contributed by atoms with Crippen LogP contribution in [-0.2, 0) is 27.1 Å². The molecule has 0 spiro atoms. The smallest absolute Gasteiger partial charge is 0.378 e. The lowest BCUT2D eigenvalue weighted by molar-refractivity contribution is -0.137. The van der Waals surface area contributed by atoms with E-state index in [-0.39, 0.29) is 56.6 Å². The van der Waals surface area contributed by atoms with Crippen LogP contribution >= 0.6 is 34.5 Å². The lowest BCUT2D eigenvalue weighted by atomic mass is 10.0. The first kappa shape index (κ1) is 28.7. The highest BCUT2D eigenvalue weighted by molar-refractivity contribution is 7.18. The molecule has 39 heavy (non-hydrogen) atoms. The minimum atomic E-state index is -4.68. The Kier molecular flexibility index (Phi) is 7.90. The number of aromatic nitrogens is 1. The normalized spacial score (nSPS) is 14.1. The topological polar surface area (TPSA) is 115 Å². The van der Waals surface area contributed by atoms with Crippen molar-refractivity contribution in [2.75, 3.05) is 17.3 Å². The number of anilines is 3. The second-order valence-corrected chi connectivity index (χ2v) is 10.3. The van der Waals surface area contributed by atoms with Crippen molar-refractivity contribution in [2.24, 2.45) is 11.1 Å². The van der Waals surface area contributed by atoms with Gasteiger partial charge in [-0.25, -0.2) is 9.37 Å². The second-order valence-electron chi connectivity index (χ2n) is 8.54. The van der Waals surface area contributed by atoms with Crippen LogP contribution < -0.4 is 16.0 Å². The molecule has 206 valence electrons. The summed E-state index contributed by atoms with van der Waals surface area (Å²) < 4.78 is 59.0. The molecule has 1 aliphatic rings. The summed E-state index contributed by atoms with van der Waals surface area (Å²) in [5, 5.41) is 1.81. The number of benzene rings is 2. The number of thiazole rings is 1. The fraction of sp³-hybridized carbons (Fsp3) is 0.250. The third kappa shape index (κ3) is 5.71. The van der Waals surface area contributed by atoms with E-state index in [9.17, 15) is 31.9 Å². The summed E-state index contributed by atoms with van der Waals surface area (Å²) >= 11 is 12.5. The summed E-state index contributed by atoms with van der Waals surface area (Å²) in [6.07, 6.45) is -4.37. The average Bonchev–Trinajstić information content (AvgIpc) is 3.58. The summed E-state index contributed by atoms with van der Waals surface area (Å²) in [4.78, 5) is 44.0. The Morgan fingerprint density at radius 1 is 1.15 bits per heavy atom. The number of nitrogens with zero attached hydrogens (tertiary/aromatic N) is 2. The third-order valence-corrected chi connectivity index (χ3v) is 7.62. The van der Waals surface area contributed by atoms with E-state index >= 15 is 0 Å². The SMILES string of the molecule is COCc1nc(N(C(=O)C2(C(N)=O)CC2)c2ccc(Cl)c(F)c2)sc1C(=O)Nc1cc(C(F)(F)F)ccc1Cl. The second kappa shape index (κ2) is 10.7. The summed E-state index contributed by atoms with van der Waals surface area (Å²) in [6, 6.07) is 5.90. The molecular formula is C24H18Cl2F4N4O4S. The maximum Gasteiger partial charge on any atom is 0.416 e. The zero-order valence-corrected chi connectivity index (χ0v) is 22.2. The Labute approximate surface area is 232 Å². The highest BCUT2D eigenvalue weighted by Crippen LogP contribution is 2.49. The van der Waals surface area contributed by atoms with Gasteiger partial charge in [-0.05, 0) is 49.2 Å². The van der Waals surface area contributed by atoms with Crippen molar-refractivity contribution in [3.05, 3.63) is 68.4 Å². The molecule has 3 N–H and O–H groups in total. The maximum atomic E-state index is 14.4. The minimum absolute atomic E-state index is 0.0225. The van der Waals surface area contributed by atoms with Crippen molar-refractivity contribution in [2.45, 2.75) is 25.6 Å². The highest BCUT2D eigenvalue weighted by Gasteiger charge is 2.58. The summed E-state index contributed by atoms with van der Waals surface area (Å²) in [5.74, 6) is -3.42. The van der Waals surface area contributed by atoms with Crippen LogP contribution in [0.3, 0.4) is 0 Å². The van der Waals surface area contributed by atoms with Gasteiger partial charge < -0.3 is 15.8 Å². The zero-order chi connectivity index (χ0) is 28.7. The zero-order valence-electron chi connectivity index (χ0n) is 19.9. The number of nitrogens with one attached hydrogen (secondary N) is 1. The van der Waals surface area contributed by atoms with Crippen LogP contribution in [0.1, 0.15) is 33.8 Å². The van der Waals surface area contributed by atoms with Gasteiger partial charge in [-0.2, -0.15) is 13.2 Å². The molecule has 1 fully saturated rings. The van der Waals surface area contributed by atoms with E-state index in [1.54, 1.807) is 0 Å². The van der Waals surface area contributed by atoms with Gasteiger partial charge >= 0.3 is 6.18 Å². The van der Waals surface area contributed by atoms with Gasteiger partial charge in [0.25, 0.3) is 5.91 Å². The molecule has 8 nitrogen and oxygen atoms in total. The number of hydrogen-bond acceptors (Lipinski definition) is 6. The molecule has 4 rings (SSSR count). The van der Waals surface area contributed by atoms with Gasteiger partial charge in [-0.1, -0.05) is 34.5 Å². The van der Waals surface area contributed by atoms with E-state index < -0.39 is 40.7 Å². The van der Waals surface area contributed by atoms with E-state index in [1.165, 1.54) is 19.2 Å². The Morgan fingerprint density at radius 3 is 2.38 bits per heavy atom. The molecule has 3 aromatic rings. The maximum absolute atomic E-state index is 14.4. The van der Waals surface area contributed by atoms with Gasteiger partial charge in [-0.3, -0.25) is 19.3 Å². The van der Waals surface area contributed by atoms with Crippen molar-refractivity contribution >= 4 is 68.8 Å². The molecular weight excluding hydrogens is 587 g/mol. The number of methoxy groups -OCH3 is 1. The van der Waals surface area contributed by atoms with Crippen molar-refractivity contribution in [3.8, 4) is 0 Å². The Hall–Kier alpha value is -3.26. The Morgan fingerprint density at radius 2 is 1.82 bits per heavy atom. The molecule has 0 bridgehead atoms. The number of carbonyl (C=O) groups excluding carboxylic acids is 3. The van der Waals surface area contributed by atoms with Crippen molar-refractivity contribution in [1.29, 1.82) is 0 Å². The van der Waals surface area contributed by atoms with Crippen LogP contribution in [0.2, 0.25) is 10.0 Å². The molecule has 1 saturated carbocycles. The van der Waals surface area contributed by atoms with Crippen LogP contribution in [0.15, 0.2) is 36.4 Å². The molecule has 15 heteroatoms. The van der Waals surface area contributed by atoms with Crippen molar-refractivity contribution in [1.82, 2.24) is 4.98 Å². The Balaban J connectivity index is 1.78. The molecule has 2 aromatic carbocycles. The molecule has 0 unspecified atom stereocenters. The lowest BCUT2D eigenvalue weighted by Gasteiger charge is -2.24. The Bertz CT molecular complexity index is 1480. The van der Waals surface area contributed by atoms with Gasteiger partial charge in [0.15, 0.2) is 5.13 Å². The van der Waals surface area contributed by atoms with E-state index in [2.05, 4.69) is 10.3 Å². The quantitative estimate of drug-likeness (QED) is 0.244. The first-order chi connectivity index (χ1) is 18.3. The van der Waals surface area contributed by atoms with Gasteiger partial charge in [0.1, 0.15) is 16.1 Å². The fourth-order valence-corrected chi connectivity index (χ4v) is 4.93. The average molecular weight is 605 g/mol. The number of hydrogen-bond donors (Lipinski definition) is 2. The highest BCUT2D eigenvalue weighted by atomic mass is 35.5. The largest absolute Gasteiger partial charge is 0.416 e. The number of alkyl halides is 3. The first-order valence-electron chi connectivity index (χ1n) is 11.0. The molecule has 1 heterocycles. The van der Waals surface area contributed by atoms with Crippen LogP contribution in [0.25, 0.3) is 0 Å². The molecule has 0 radical (unpaired) electrons. The number of primary amides is 1. The predicted octanol–water partition coefficient (Wildman–Crippen LogP) is 5.94. The van der Waals surface area contributed by atoms with Crippen LogP contribution in [0.5, 0.6) is 0 Å². The monoisotopic (exact) mass is 604 g/mol. The molecule has 0 atom stereocenters. The first-order valence-corrected chi connectivity index (χ1v) is 12.6. The van der Waals surface area contributed by atoms with Gasteiger partial charge in [0, 0.05) is 7.11 Å². The number of nitrogens with two attached hydrogens (primary N) is 1. The molecule has 1 aromatic heterocycles. The van der Waals surface area contributed by atoms with E-state index in [0.29, 0.717) is 17.4 Å². The van der Waals surface area contributed by atoms with Gasteiger partial charge in [0.2, 0.25) is 11.8 Å². The summed E-state index contributed by atoms with van der Waals surface area (Å²) in [7, 11) is 1.31. The minimum Gasteiger partial charge on any atom is -0.378 e. The number of carbonyl (C=O) groups is 3. The van der Waals surface area contributed by atoms with Crippen molar-refractivity contribution in [3.63, 3.8) is 0 Å². The van der Waals surface area contributed by atoms with Crippen molar-refractivity contribution < 1.29 is 36.7 Å². The van der Waals surface area contributed by atoms with E-state index in [1.807, 2.05) is 0 Å². The van der Waals surface area contributed by atoms with E-state index in [4.69, 9.17) is 33.7 Å². The van der Waals surface area contributed by atoms with Crippen LogP contribution in [-0.4, -0.2) is 29.8 Å². The van der Waals surface area contributed by atoms with Crippen LogP contribution in [0.4, 0.5) is 34.1 Å². The molecule has 0 saturated heterocycles. The summed E-state index contributed by atoms with van der Waals surface area (Å²) in [6.45, 7) is -0.229.